The van der Waals surface area contributed by atoms with Crippen LogP contribution >= 0.6 is 0 Å². The summed E-state index contributed by atoms with van der Waals surface area (Å²) in [6, 6.07) is 1.71. The van der Waals surface area contributed by atoms with Gasteiger partial charge in [0.15, 0.2) is 17.5 Å². The van der Waals surface area contributed by atoms with Gasteiger partial charge in [0.2, 0.25) is 0 Å². The van der Waals surface area contributed by atoms with E-state index in [0.29, 0.717) is 0 Å². The van der Waals surface area contributed by atoms with Crippen LogP contribution in [0.2, 0.25) is 0 Å². The Morgan fingerprint density at radius 3 is 2.00 bits per heavy atom. The first-order valence-corrected chi connectivity index (χ1v) is 3.22. The number of hydrogen-bond acceptors (Lipinski definition) is 0. The molecule has 1 aromatic carbocycles. The molecule has 0 heterocycles. The van der Waals surface area contributed by atoms with Crippen LogP contribution < -0.4 is 0 Å². The van der Waals surface area contributed by atoms with Gasteiger partial charge in [0.1, 0.15) is 0 Å². The van der Waals surface area contributed by atoms with Crippen molar-refractivity contribution in [3.05, 3.63) is 35.1 Å². The van der Waals surface area contributed by atoms with Crippen LogP contribution in [0, 0.1) is 29.3 Å². The Morgan fingerprint density at radius 1 is 1.08 bits per heavy atom. The van der Waals surface area contributed by atoms with Gasteiger partial charge in [0.25, 0.3) is 0 Å². The first-order valence-electron chi connectivity index (χ1n) is 3.22. The lowest BCUT2D eigenvalue weighted by Crippen LogP contribution is -1.91. The van der Waals surface area contributed by atoms with E-state index < -0.39 is 17.5 Å². The molecule has 0 atom stereocenters. The highest BCUT2D eigenvalue weighted by Gasteiger charge is 2.08. The summed E-state index contributed by atoms with van der Waals surface area (Å²) in [5.74, 6) is 0.980. The van der Waals surface area contributed by atoms with Crippen LogP contribution in [0.1, 0.15) is 12.5 Å². The van der Waals surface area contributed by atoms with Gasteiger partial charge >= 0.3 is 0 Å². The van der Waals surface area contributed by atoms with Gasteiger partial charge in [-0.1, -0.05) is 5.92 Å². The molecular formula is C9H5F3. The molecule has 0 nitrogen and oxygen atoms in total. The SMILES string of the molecule is CC#Cc1cc(F)c(F)c(F)c1. The lowest BCUT2D eigenvalue weighted by molar-refractivity contribution is 0.446. The normalized spacial score (nSPS) is 9.00. The van der Waals surface area contributed by atoms with E-state index in [-0.39, 0.29) is 5.56 Å². The van der Waals surface area contributed by atoms with Gasteiger partial charge in [-0.3, -0.25) is 0 Å². The van der Waals surface area contributed by atoms with Crippen molar-refractivity contribution in [1.82, 2.24) is 0 Å². The van der Waals surface area contributed by atoms with Gasteiger partial charge in [-0.15, -0.1) is 5.92 Å². The largest absolute Gasteiger partial charge is 0.204 e. The van der Waals surface area contributed by atoms with Crippen LogP contribution in [0.15, 0.2) is 12.1 Å². The maximum absolute atomic E-state index is 12.5. The maximum atomic E-state index is 12.5. The second kappa shape index (κ2) is 3.31. The molecule has 62 valence electrons. The van der Waals surface area contributed by atoms with E-state index in [2.05, 4.69) is 11.8 Å². The van der Waals surface area contributed by atoms with E-state index in [1.807, 2.05) is 0 Å². The second-order valence-corrected chi connectivity index (χ2v) is 2.13. The topological polar surface area (TPSA) is 0 Å². The van der Waals surface area contributed by atoms with E-state index in [0.717, 1.165) is 12.1 Å². The van der Waals surface area contributed by atoms with Gasteiger partial charge in [-0.25, -0.2) is 13.2 Å². The Hall–Kier alpha value is -1.43. The van der Waals surface area contributed by atoms with Crippen LogP contribution in [0.3, 0.4) is 0 Å². The highest BCUT2D eigenvalue weighted by Crippen LogP contribution is 2.12. The zero-order valence-corrected chi connectivity index (χ0v) is 6.29. The molecule has 0 aliphatic heterocycles. The minimum absolute atomic E-state index is 0.133. The van der Waals surface area contributed by atoms with Crippen LogP contribution in [0.4, 0.5) is 13.2 Å². The Balaban J connectivity index is 3.27. The fraction of sp³-hybridized carbons (Fsp3) is 0.111. The molecule has 0 radical (unpaired) electrons. The molecular weight excluding hydrogens is 165 g/mol. The van der Waals surface area contributed by atoms with Crippen molar-refractivity contribution >= 4 is 0 Å². The predicted molar refractivity (Wildman–Crippen MR) is 38.9 cm³/mol. The van der Waals surface area contributed by atoms with Gasteiger partial charge < -0.3 is 0 Å². The van der Waals surface area contributed by atoms with Gasteiger partial charge in [0.05, 0.1) is 0 Å². The molecule has 0 spiro atoms. The summed E-state index contributed by atoms with van der Waals surface area (Å²) in [6.45, 7) is 1.53. The van der Waals surface area contributed by atoms with Crippen LogP contribution in [0.25, 0.3) is 0 Å². The zero-order valence-electron chi connectivity index (χ0n) is 6.29. The third kappa shape index (κ3) is 1.59. The third-order valence-electron chi connectivity index (χ3n) is 1.25. The first kappa shape index (κ1) is 8.66. The van der Waals surface area contributed by atoms with Crippen LogP contribution in [-0.2, 0) is 0 Å². The quantitative estimate of drug-likeness (QED) is 0.414. The summed E-state index contributed by atoms with van der Waals surface area (Å²) in [6.07, 6.45) is 0. The van der Waals surface area contributed by atoms with Gasteiger partial charge in [-0.05, 0) is 19.1 Å². The summed E-state index contributed by atoms with van der Waals surface area (Å²) in [7, 11) is 0. The minimum Gasteiger partial charge on any atom is -0.204 e. The van der Waals surface area contributed by atoms with Crippen LogP contribution in [-0.4, -0.2) is 0 Å². The smallest absolute Gasteiger partial charge is 0.194 e. The molecule has 0 bridgehead atoms. The molecule has 0 aromatic heterocycles. The van der Waals surface area contributed by atoms with Crippen molar-refractivity contribution in [3.63, 3.8) is 0 Å². The molecule has 1 rings (SSSR count). The highest BCUT2D eigenvalue weighted by atomic mass is 19.2. The number of hydrogen-bond donors (Lipinski definition) is 0. The summed E-state index contributed by atoms with van der Waals surface area (Å²) in [5, 5.41) is 0. The van der Waals surface area contributed by atoms with Crippen molar-refractivity contribution in [3.8, 4) is 11.8 Å². The van der Waals surface area contributed by atoms with E-state index in [1.165, 1.54) is 6.92 Å². The van der Waals surface area contributed by atoms with E-state index in [9.17, 15) is 13.2 Å². The molecule has 0 amide bonds. The molecule has 12 heavy (non-hydrogen) atoms. The molecule has 1 aromatic rings. The lowest BCUT2D eigenvalue weighted by atomic mass is 10.2. The summed E-state index contributed by atoms with van der Waals surface area (Å²) >= 11 is 0. The maximum Gasteiger partial charge on any atom is 0.194 e. The molecule has 0 aliphatic carbocycles. The average molecular weight is 170 g/mol. The Kier molecular flexibility index (Phi) is 2.39. The first-order chi connectivity index (χ1) is 5.65. The minimum atomic E-state index is -1.46. The van der Waals surface area contributed by atoms with Crippen molar-refractivity contribution in [1.29, 1.82) is 0 Å². The molecule has 0 saturated heterocycles. The van der Waals surface area contributed by atoms with Crippen molar-refractivity contribution in [2.75, 3.05) is 0 Å². The molecule has 0 aliphatic rings. The molecule has 0 N–H and O–H groups in total. The van der Waals surface area contributed by atoms with Crippen molar-refractivity contribution in [2.24, 2.45) is 0 Å². The second-order valence-electron chi connectivity index (χ2n) is 2.13. The Morgan fingerprint density at radius 2 is 1.58 bits per heavy atom. The fourth-order valence-corrected chi connectivity index (χ4v) is 0.772. The van der Waals surface area contributed by atoms with E-state index in [1.54, 1.807) is 0 Å². The summed E-state index contributed by atoms with van der Waals surface area (Å²) < 4.78 is 37.3. The fourth-order valence-electron chi connectivity index (χ4n) is 0.772. The third-order valence-corrected chi connectivity index (χ3v) is 1.25. The van der Waals surface area contributed by atoms with E-state index >= 15 is 0 Å². The number of halogens is 3. The number of rotatable bonds is 0. The Bertz CT molecular complexity index is 335. The molecule has 3 heteroatoms. The molecule has 0 saturated carbocycles. The van der Waals surface area contributed by atoms with Crippen LogP contribution in [0.5, 0.6) is 0 Å². The van der Waals surface area contributed by atoms with Gasteiger partial charge in [-0.2, -0.15) is 0 Å². The standard InChI is InChI=1S/C9H5F3/c1-2-3-6-4-7(10)9(12)8(11)5-6/h4-5H,1H3. The molecule has 0 fully saturated rings. The summed E-state index contributed by atoms with van der Waals surface area (Å²) in [5.41, 5.74) is 0.133. The Labute approximate surface area is 68.0 Å². The lowest BCUT2D eigenvalue weighted by Gasteiger charge is -1.95. The zero-order chi connectivity index (χ0) is 9.14. The number of benzene rings is 1. The van der Waals surface area contributed by atoms with Crippen molar-refractivity contribution < 1.29 is 13.2 Å². The highest BCUT2D eigenvalue weighted by molar-refractivity contribution is 5.34. The predicted octanol–water partition coefficient (Wildman–Crippen LogP) is 2.48. The van der Waals surface area contributed by atoms with Gasteiger partial charge in [0, 0.05) is 5.56 Å². The van der Waals surface area contributed by atoms with Crippen molar-refractivity contribution in [2.45, 2.75) is 6.92 Å². The molecule has 0 unspecified atom stereocenters. The summed E-state index contributed by atoms with van der Waals surface area (Å²) in [4.78, 5) is 0. The van der Waals surface area contributed by atoms with E-state index in [4.69, 9.17) is 0 Å². The monoisotopic (exact) mass is 170 g/mol. The average Bonchev–Trinajstić information content (AvgIpc) is 2.01.